The first-order chi connectivity index (χ1) is 17.3. The number of carbonyl (C=O) groups is 1. The predicted molar refractivity (Wildman–Crippen MR) is 143 cm³/mol. The van der Waals surface area contributed by atoms with Crippen molar-refractivity contribution in [1.82, 2.24) is 9.80 Å². The molecule has 1 fully saturated rings. The fourth-order valence-corrected chi connectivity index (χ4v) is 4.79. The quantitative estimate of drug-likeness (QED) is 0.356. The lowest BCUT2D eigenvalue weighted by atomic mass is 9.96. The molecular weight excluding hydrogens is 430 g/mol. The Kier molecular flexibility index (Phi) is 7.21. The van der Waals surface area contributed by atoms with Gasteiger partial charge >= 0.3 is 6.03 Å². The summed E-state index contributed by atoms with van der Waals surface area (Å²) in [5.74, 6) is 0. The summed E-state index contributed by atoms with van der Waals surface area (Å²) in [6.07, 6.45) is 0.963. The molecule has 2 amide bonds. The zero-order chi connectivity index (χ0) is 23.9. The summed E-state index contributed by atoms with van der Waals surface area (Å²) in [5.41, 5.74) is 5.80. The third kappa shape index (κ3) is 5.79. The van der Waals surface area contributed by atoms with E-state index in [1.165, 1.54) is 16.7 Å². The van der Waals surface area contributed by atoms with Gasteiger partial charge in [0.25, 0.3) is 0 Å². The average Bonchev–Trinajstić information content (AvgIpc) is 2.94. The molecule has 0 spiro atoms. The highest BCUT2D eigenvalue weighted by Gasteiger charge is 2.27. The summed E-state index contributed by atoms with van der Waals surface area (Å²) >= 11 is 0. The minimum absolute atomic E-state index is 0.0311. The van der Waals surface area contributed by atoms with Gasteiger partial charge in [-0.1, -0.05) is 103 Å². The second-order valence-corrected chi connectivity index (χ2v) is 9.01. The maximum Gasteiger partial charge on any atom is 0.321 e. The predicted octanol–water partition coefficient (Wildman–Crippen LogP) is 6.49. The molecule has 0 bridgehead atoms. The molecule has 0 radical (unpaired) electrons. The highest BCUT2D eigenvalue weighted by atomic mass is 16.2. The van der Waals surface area contributed by atoms with Crippen LogP contribution in [0.1, 0.15) is 17.2 Å². The Morgan fingerprint density at radius 2 is 1.20 bits per heavy atom. The van der Waals surface area contributed by atoms with Crippen LogP contribution >= 0.6 is 0 Å². The van der Waals surface area contributed by atoms with Gasteiger partial charge in [0, 0.05) is 37.9 Å². The second-order valence-electron chi connectivity index (χ2n) is 9.01. The van der Waals surface area contributed by atoms with Gasteiger partial charge in [-0.05, 0) is 40.8 Å². The average molecular weight is 462 g/mol. The summed E-state index contributed by atoms with van der Waals surface area (Å²) < 4.78 is 0. The van der Waals surface area contributed by atoms with Gasteiger partial charge in [0.15, 0.2) is 0 Å². The standard InChI is InChI=1S/C31H31N3O/c35-31(32-29-18-16-27(17-19-29)26-12-6-2-7-13-26)34-22-20-33(21-23-34)30(28-14-8-3-9-15-28)24-25-10-4-1-5-11-25/h1-19,30H,20-24H2,(H,32,35)/t30-/m0/s1. The Labute approximate surface area is 207 Å². The van der Waals surface area contributed by atoms with Crippen molar-refractivity contribution in [3.63, 3.8) is 0 Å². The molecule has 4 heteroatoms. The molecule has 176 valence electrons. The van der Waals surface area contributed by atoms with Crippen molar-refractivity contribution in [3.05, 3.63) is 126 Å². The van der Waals surface area contributed by atoms with Gasteiger partial charge < -0.3 is 10.2 Å². The lowest BCUT2D eigenvalue weighted by Crippen LogP contribution is -2.51. The van der Waals surface area contributed by atoms with E-state index in [-0.39, 0.29) is 6.03 Å². The summed E-state index contributed by atoms with van der Waals surface area (Å²) in [6.45, 7) is 3.14. The lowest BCUT2D eigenvalue weighted by Gasteiger charge is -2.39. The van der Waals surface area contributed by atoms with Crippen LogP contribution in [0, 0.1) is 0 Å². The van der Waals surface area contributed by atoms with E-state index in [1.807, 2.05) is 35.2 Å². The Balaban J connectivity index is 1.20. The number of piperazine rings is 1. The van der Waals surface area contributed by atoms with Crippen molar-refractivity contribution in [3.8, 4) is 11.1 Å². The van der Waals surface area contributed by atoms with E-state index in [9.17, 15) is 4.79 Å². The van der Waals surface area contributed by atoms with E-state index in [0.29, 0.717) is 19.1 Å². The summed E-state index contributed by atoms with van der Waals surface area (Å²) in [7, 11) is 0. The zero-order valence-electron chi connectivity index (χ0n) is 19.9. The van der Waals surface area contributed by atoms with Crippen molar-refractivity contribution in [2.45, 2.75) is 12.5 Å². The van der Waals surface area contributed by atoms with E-state index >= 15 is 0 Å². The third-order valence-corrected chi connectivity index (χ3v) is 6.74. The Morgan fingerprint density at radius 3 is 1.83 bits per heavy atom. The molecule has 1 saturated heterocycles. The zero-order valence-corrected chi connectivity index (χ0v) is 19.9. The number of nitrogens with one attached hydrogen (secondary N) is 1. The van der Waals surface area contributed by atoms with Crippen LogP contribution in [0.5, 0.6) is 0 Å². The van der Waals surface area contributed by atoms with Gasteiger partial charge in [0.2, 0.25) is 0 Å². The smallest absolute Gasteiger partial charge is 0.321 e. The molecule has 1 heterocycles. The van der Waals surface area contributed by atoms with E-state index in [2.05, 4.69) is 95.1 Å². The van der Waals surface area contributed by atoms with E-state index < -0.39 is 0 Å². The Bertz CT molecular complexity index is 1200. The summed E-state index contributed by atoms with van der Waals surface area (Å²) in [6, 6.07) is 40.0. The number of hydrogen-bond acceptors (Lipinski definition) is 2. The molecular formula is C31H31N3O. The molecule has 1 atom stereocenters. The van der Waals surface area contributed by atoms with Crippen LogP contribution in [0.3, 0.4) is 0 Å². The fourth-order valence-electron chi connectivity index (χ4n) is 4.79. The molecule has 0 aliphatic carbocycles. The lowest BCUT2D eigenvalue weighted by molar-refractivity contribution is 0.112. The molecule has 1 aliphatic heterocycles. The molecule has 0 unspecified atom stereocenters. The highest BCUT2D eigenvalue weighted by molar-refractivity contribution is 5.89. The number of nitrogens with zero attached hydrogens (tertiary/aromatic N) is 2. The molecule has 4 nitrogen and oxygen atoms in total. The Morgan fingerprint density at radius 1 is 0.657 bits per heavy atom. The SMILES string of the molecule is O=C(Nc1ccc(-c2ccccc2)cc1)N1CCN([C@@H](Cc2ccccc2)c2ccccc2)CC1. The first-order valence-corrected chi connectivity index (χ1v) is 12.3. The second kappa shape index (κ2) is 11.0. The van der Waals surface area contributed by atoms with Crippen molar-refractivity contribution >= 4 is 11.7 Å². The fraction of sp³-hybridized carbons (Fsp3) is 0.194. The van der Waals surface area contributed by atoms with E-state index in [4.69, 9.17) is 0 Å². The van der Waals surface area contributed by atoms with Crippen LogP contribution in [0.4, 0.5) is 10.5 Å². The number of anilines is 1. The molecule has 4 aromatic carbocycles. The molecule has 0 saturated carbocycles. The number of rotatable bonds is 6. The van der Waals surface area contributed by atoms with E-state index in [1.54, 1.807) is 0 Å². The topological polar surface area (TPSA) is 35.6 Å². The van der Waals surface area contributed by atoms with Gasteiger partial charge in [-0.2, -0.15) is 0 Å². The Hall–Kier alpha value is -3.89. The van der Waals surface area contributed by atoms with Crippen molar-refractivity contribution in [2.75, 3.05) is 31.5 Å². The monoisotopic (exact) mass is 461 g/mol. The van der Waals surface area contributed by atoms with Crippen LogP contribution in [-0.4, -0.2) is 42.0 Å². The van der Waals surface area contributed by atoms with Crippen molar-refractivity contribution in [2.24, 2.45) is 0 Å². The van der Waals surface area contributed by atoms with Crippen LogP contribution in [0.2, 0.25) is 0 Å². The highest BCUT2D eigenvalue weighted by Crippen LogP contribution is 2.27. The van der Waals surface area contributed by atoms with Gasteiger partial charge in [-0.15, -0.1) is 0 Å². The number of urea groups is 1. The van der Waals surface area contributed by atoms with Crippen LogP contribution < -0.4 is 5.32 Å². The largest absolute Gasteiger partial charge is 0.322 e. The molecule has 1 aliphatic rings. The van der Waals surface area contributed by atoms with Crippen LogP contribution in [0.15, 0.2) is 115 Å². The van der Waals surface area contributed by atoms with E-state index in [0.717, 1.165) is 30.8 Å². The normalized spacial score (nSPS) is 14.9. The maximum atomic E-state index is 13.0. The summed E-state index contributed by atoms with van der Waals surface area (Å²) in [5, 5.41) is 3.07. The van der Waals surface area contributed by atoms with Crippen LogP contribution in [0.25, 0.3) is 11.1 Å². The van der Waals surface area contributed by atoms with Crippen molar-refractivity contribution < 1.29 is 4.79 Å². The van der Waals surface area contributed by atoms with Crippen LogP contribution in [-0.2, 0) is 6.42 Å². The van der Waals surface area contributed by atoms with Gasteiger partial charge in [-0.25, -0.2) is 4.79 Å². The minimum Gasteiger partial charge on any atom is -0.322 e. The minimum atomic E-state index is -0.0311. The number of hydrogen-bond donors (Lipinski definition) is 1. The molecule has 0 aromatic heterocycles. The first kappa shape index (κ1) is 22.9. The van der Waals surface area contributed by atoms with Gasteiger partial charge in [-0.3, -0.25) is 4.90 Å². The van der Waals surface area contributed by atoms with Gasteiger partial charge in [0.1, 0.15) is 0 Å². The molecule has 4 aromatic rings. The summed E-state index contributed by atoms with van der Waals surface area (Å²) in [4.78, 5) is 17.4. The van der Waals surface area contributed by atoms with Crippen molar-refractivity contribution in [1.29, 1.82) is 0 Å². The molecule has 1 N–H and O–H groups in total. The van der Waals surface area contributed by atoms with Gasteiger partial charge in [0.05, 0.1) is 0 Å². The first-order valence-electron chi connectivity index (χ1n) is 12.3. The number of carbonyl (C=O) groups excluding carboxylic acids is 1. The maximum absolute atomic E-state index is 13.0. The number of amides is 2. The third-order valence-electron chi connectivity index (χ3n) is 6.74. The molecule has 5 rings (SSSR count). The number of benzene rings is 4. The molecule has 35 heavy (non-hydrogen) atoms.